The summed E-state index contributed by atoms with van der Waals surface area (Å²) in [6.45, 7) is 23.6. The van der Waals surface area contributed by atoms with Crippen LogP contribution in [-0.4, -0.2) is 189 Å². The highest BCUT2D eigenvalue weighted by molar-refractivity contribution is 8.14. The number of nitrogens with two attached hydrogens (primary N) is 1. The van der Waals surface area contributed by atoms with Crippen LogP contribution in [0.2, 0.25) is 0 Å². The maximum Gasteiger partial charge on any atom is 0.573 e. The molecule has 107 heavy (non-hydrogen) atoms. The molecule has 4 aliphatic heterocycles. The smallest absolute Gasteiger partial charge is 0.459 e. The second-order valence-electron chi connectivity index (χ2n) is 25.9. The predicted molar refractivity (Wildman–Crippen MR) is 391 cm³/mol. The second kappa shape index (κ2) is 37.5. The van der Waals surface area contributed by atoms with Crippen LogP contribution in [0.25, 0.3) is 12.2 Å². The van der Waals surface area contributed by atoms with Crippen molar-refractivity contribution in [1.82, 2.24) is 24.1 Å². The molecule has 592 valence electrons. The molecule has 2 amide bonds. The molecule has 2 saturated heterocycles. The fourth-order valence-electron chi connectivity index (χ4n) is 10.4. The van der Waals surface area contributed by atoms with Gasteiger partial charge in [-0.25, -0.2) is 38.5 Å². The van der Waals surface area contributed by atoms with Crippen molar-refractivity contribution in [2.45, 2.75) is 143 Å². The molecule has 41 heteroatoms. The average molecular weight is 1650 g/mol. The van der Waals surface area contributed by atoms with Crippen LogP contribution in [0.3, 0.4) is 0 Å². The van der Waals surface area contributed by atoms with Crippen LogP contribution in [0.5, 0.6) is 11.5 Å². The van der Waals surface area contributed by atoms with Crippen LogP contribution in [0.4, 0.5) is 32.0 Å². The SMILES string of the molecule is CC(C)(C)OC(=O)CS(=O)(=O)Cl.CCN(CC)CC.Cc1cc(CS(=O)(=O)CC(=O)OC(C)(C)C)ccc1/C=C/S(=O)(=O)N1CCC2(CC1)N=C(c1cccc(OC(F)(F)F)c1)NC2=O.Cc1cc(N)ccc1/C=C/S(=O)(=O)N1CCC2(CC1)N=C(c1cccc(OC(F)(F)F)c1)NC2=O.O=C=NS(=O)(=O)Cl. The summed E-state index contributed by atoms with van der Waals surface area (Å²) in [5.74, 6) is -5.22. The number of sulfone groups is 1. The number of hydrogen-bond acceptors (Lipinski definition) is 23. The number of hydrogen-bond donors (Lipinski definition) is 3. The normalized spacial score (nSPS) is 16.4. The third-order valence-corrected chi connectivity index (χ3v) is 21.3. The first-order chi connectivity index (χ1) is 49.0. The molecule has 0 aliphatic carbocycles. The Morgan fingerprint density at radius 1 is 0.607 bits per heavy atom. The zero-order valence-electron chi connectivity index (χ0n) is 59.9. The van der Waals surface area contributed by atoms with Gasteiger partial charge in [-0.1, -0.05) is 73.7 Å². The van der Waals surface area contributed by atoms with Gasteiger partial charge in [0, 0.05) is 75.2 Å². The van der Waals surface area contributed by atoms with Gasteiger partial charge in [0.25, 0.3) is 17.9 Å². The van der Waals surface area contributed by atoms with Gasteiger partial charge < -0.3 is 40.2 Å². The van der Waals surface area contributed by atoms with Crippen molar-refractivity contribution in [1.29, 1.82) is 0 Å². The predicted octanol–water partition coefficient (Wildman–Crippen LogP) is 9.10. The molecule has 0 radical (unpaired) electrons. The monoisotopic (exact) mass is 1650 g/mol. The number of sulfonamides is 2. The Bertz CT molecular complexity index is 4640. The van der Waals surface area contributed by atoms with Crippen LogP contribution in [-0.2, 0) is 87.4 Å². The standard InChI is InChI=1S/C30H34F3N3O8S2.C23H23F3N4O4S.C6H11ClO4S.C6H15N.CClNO3S/c1-20-16-21(18-45(39,40)19-25(37)44-28(2,3)4)8-9-22(20)10-15-46(41,42)36-13-11-29(12-14-36)27(38)34-26(35-29)23-6-5-7-24(17-23)43-30(31,32)33;1-15-13-18(27)6-5-16(15)7-12-35(32,33)30-10-8-22(9-11-30)21(31)28-20(29-22)17-3-2-4-19(14-17)34-23(24,25)26;1-6(2,3)11-5(8)4-12(7,9)10;1-4-7(5-2)6-3;2-7(5,6)3-1-4/h5-10,15-17H,11-14,18-19H2,1-4H3,(H,34,35,38);2-7,12-14H,8-11,27H2,1H3,(H,28,29,31);4H2,1-3H3;4-6H2,1-3H3;/b15-10+;12-7+;;;. The lowest BCUT2D eigenvalue weighted by Crippen LogP contribution is -2.50. The summed E-state index contributed by atoms with van der Waals surface area (Å²) in [5, 5.41) is 7.36. The first-order valence-electron chi connectivity index (χ1n) is 32.2. The molecule has 2 spiro atoms. The number of nitrogens with zero attached hydrogens (tertiary/aromatic N) is 6. The topological polar surface area (TPSA) is 390 Å². The van der Waals surface area contributed by atoms with Crippen molar-refractivity contribution in [3.8, 4) is 11.5 Å². The minimum atomic E-state index is -4.89. The fourth-order valence-corrected chi connectivity index (χ4v) is 14.7. The number of ether oxygens (including phenoxy) is 4. The molecule has 4 aromatic rings. The molecule has 2 fully saturated rings. The molecule has 4 heterocycles. The lowest BCUT2D eigenvalue weighted by atomic mass is 9.89. The van der Waals surface area contributed by atoms with E-state index in [-0.39, 0.29) is 74.7 Å². The minimum Gasteiger partial charge on any atom is -0.459 e. The van der Waals surface area contributed by atoms with Gasteiger partial charge in [0.2, 0.25) is 29.1 Å². The molecule has 0 aromatic heterocycles. The van der Waals surface area contributed by atoms with Gasteiger partial charge in [0.1, 0.15) is 51.2 Å². The lowest BCUT2D eigenvalue weighted by Gasteiger charge is -2.34. The first-order valence-corrected chi connectivity index (χ1v) is 41.8. The van der Waals surface area contributed by atoms with E-state index in [0.717, 1.165) is 52.3 Å². The third kappa shape index (κ3) is 31.7. The number of carbonyl (C=O) groups is 4. The Labute approximate surface area is 626 Å². The van der Waals surface area contributed by atoms with Crippen LogP contribution < -0.4 is 25.8 Å². The van der Waals surface area contributed by atoms with Crippen molar-refractivity contribution >= 4 is 129 Å². The number of aliphatic imine (C=N–C) groups is 2. The van der Waals surface area contributed by atoms with E-state index in [2.05, 4.69) is 70.8 Å². The van der Waals surface area contributed by atoms with Gasteiger partial charge in [-0.15, -0.1) is 26.3 Å². The number of alkyl halides is 6. The molecule has 0 bridgehead atoms. The maximum atomic E-state index is 13.1. The van der Waals surface area contributed by atoms with Crippen molar-refractivity contribution in [3.05, 3.63) is 135 Å². The summed E-state index contributed by atoms with van der Waals surface area (Å²) in [7, 11) is -10.1. The number of amidine groups is 2. The number of carbonyl (C=O) groups excluding carboxylic acids is 5. The van der Waals surface area contributed by atoms with Crippen molar-refractivity contribution in [3.63, 3.8) is 0 Å². The fraction of sp³-hybridized carbons (Fsp3) is 0.470. The summed E-state index contributed by atoms with van der Waals surface area (Å²) in [6, 6.07) is 20.1. The number of piperidine rings is 2. The largest absolute Gasteiger partial charge is 0.573 e. The Balaban J connectivity index is 0.000000345. The summed E-state index contributed by atoms with van der Waals surface area (Å²) in [5.41, 5.74) is 5.97. The van der Waals surface area contributed by atoms with Crippen molar-refractivity contribution < 1.29 is 111 Å². The number of halogens is 8. The van der Waals surface area contributed by atoms with E-state index in [1.54, 1.807) is 78.8 Å². The van der Waals surface area contributed by atoms with Crippen molar-refractivity contribution in [2.75, 3.05) is 63.1 Å². The summed E-state index contributed by atoms with van der Waals surface area (Å²) in [4.78, 5) is 68.8. The number of rotatable bonds is 20. The maximum absolute atomic E-state index is 13.1. The second-order valence-corrected chi connectivity index (χ2v) is 36.6. The van der Waals surface area contributed by atoms with Crippen LogP contribution >= 0.6 is 21.4 Å². The molecule has 4 aromatic carbocycles. The number of nitrogen functional groups attached to an aromatic ring is 1. The van der Waals surface area contributed by atoms with Gasteiger partial charge in [-0.2, -0.15) is 17.0 Å². The van der Waals surface area contributed by atoms with Crippen LogP contribution in [0, 0.1) is 13.8 Å². The van der Waals surface area contributed by atoms with E-state index in [4.69, 9.17) is 30.7 Å². The Morgan fingerprint density at radius 3 is 1.31 bits per heavy atom. The van der Waals surface area contributed by atoms with E-state index >= 15 is 0 Å². The van der Waals surface area contributed by atoms with E-state index in [0.29, 0.717) is 22.4 Å². The van der Waals surface area contributed by atoms with E-state index < -0.39 is 136 Å². The molecule has 0 atom stereocenters. The van der Waals surface area contributed by atoms with E-state index in [1.807, 2.05) is 6.92 Å². The number of isocyanates is 1. The molecule has 4 N–H and O–H groups in total. The Kier molecular flexibility index (Phi) is 32.1. The number of anilines is 1. The molecular formula is C66H83Cl2F6N9O19S5. The highest BCUT2D eigenvalue weighted by atomic mass is 35.7. The minimum absolute atomic E-state index is 0.0263. The van der Waals surface area contributed by atoms with Gasteiger partial charge in [0.05, 0.1) is 5.75 Å². The first kappa shape index (κ1) is 91.5. The zero-order chi connectivity index (χ0) is 81.2. The highest BCUT2D eigenvalue weighted by Crippen LogP contribution is 2.36. The van der Waals surface area contributed by atoms with Gasteiger partial charge in [0.15, 0.2) is 15.6 Å². The summed E-state index contributed by atoms with van der Waals surface area (Å²) >= 11 is 0. The lowest BCUT2D eigenvalue weighted by molar-refractivity contribution is -0.275. The highest BCUT2D eigenvalue weighted by Gasteiger charge is 2.49. The third-order valence-electron chi connectivity index (χ3n) is 15.3. The zero-order valence-corrected chi connectivity index (χ0v) is 65.5. The number of esters is 2. The molecule has 0 saturated carbocycles. The number of aryl methyl sites for hydroxylation is 2. The van der Waals surface area contributed by atoms with Gasteiger partial charge >= 0.3 is 33.9 Å². The molecule has 8 rings (SSSR count). The average Bonchev–Trinajstić information content (AvgIpc) is 1.64. The number of benzene rings is 4. The summed E-state index contributed by atoms with van der Waals surface area (Å²) in [6.07, 6.45) is -5.70. The van der Waals surface area contributed by atoms with Gasteiger partial charge in [-0.05, 0) is 177 Å². The van der Waals surface area contributed by atoms with Crippen LogP contribution in [0.15, 0.2) is 110 Å². The van der Waals surface area contributed by atoms with Crippen LogP contribution in [0.1, 0.15) is 127 Å². The van der Waals surface area contributed by atoms with Gasteiger partial charge in [-0.3, -0.25) is 29.2 Å². The number of amides is 2. The molecule has 0 unspecified atom stereocenters. The van der Waals surface area contributed by atoms with E-state index in [9.17, 15) is 87.6 Å². The summed E-state index contributed by atoms with van der Waals surface area (Å²) < 4.78 is 215. The molecule has 28 nitrogen and oxygen atoms in total. The Morgan fingerprint density at radius 2 is 0.991 bits per heavy atom. The number of nitrogens with one attached hydrogen (secondary N) is 2. The Hall–Kier alpha value is -7.85. The molecular weight excluding hydrogens is 1570 g/mol. The van der Waals surface area contributed by atoms with Crippen molar-refractivity contribution in [2.24, 2.45) is 14.4 Å². The quantitative estimate of drug-likeness (QED) is 0.0185. The molecule has 4 aliphatic rings. The van der Waals surface area contributed by atoms with E-state index in [1.165, 1.54) is 70.7 Å².